The lowest BCUT2D eigenvalue weighted by atomic mass is 9.84. The van der Waals surface area contributed by atoms with E-state index in [1.54, 1.807) is 30.3 Å². The van der Waals surface area contributed by atoms with Crippen molar-refractivity contribution in [2.24, 2.45) is 5.92 Å². The van der Waals surface area contributed by atoms with E-state index in [-0.39, 0.29) is 23.5 Å². The zero-order valence-corrected chi connectivity index (χ0v) is 20.9. The summed E-state index contributed by atoms with van der Waals surface area (Å²) in [6.45, 7) is 2.25. The first kappa shape index (κ1) is 26.4. The fraction of sp³-hybridized carbons (Fsp3) is 0.379. The second kappa shape index (κ2) is 12.5. The van der Waals surface area contributed by atoms with E-state index in [0.29, 0.717) is 35.9 Å². The third-order valence-corrected chi connectivity index (χ3v) is 6.68. The molecule has 3 N–H and O–H groups in total. The van der Waals surface area contributed by atoms with Crippen LogP contribution >= 0.6 is 0 Å². The molecule has 1 heterocycles. The van der Waals surface area contributed by atoms with Crippen molar-refractivity contribution in [2.45, 2.75) is 57.5 Å². The number of amides is 2. The van der Waals surface area contributed by atoms with Gasteiger partial charge in [0.25, 0.3) is 5.91 Å². The van der Waals surface area contributed by atoms with E-state index in [1.165, 1.54) is 36.8 Å². The lowest BCUT2D eigenvalue weighted by molar-refractivity contribution is -0.124. The number of furan rings is 1. The molecule has 196 valence electrons. The highest BCUT2D eigenvalue weighted by molar-refractivity contribution is 5.96. The highest BCUT2D eigenvalue weighted by Gasteiger charge is 2.28. The number of nitrogens with one attached hydrogen (secondary N) is 3. The summed E-state index contributed by atoms with van der Waals surface area (Å²) in [6, 6.07) is 14.2. The molecule has 37 heavy (non-hydrogen) atoms. The SMILES string of the molecule is C[C@@H](CNc1cccc(F)c1)NC(=O)C(CC1CCCCC1)NC(=O)c1ccc(-c2cccc(F)c2)o1. The molecule has 0 aliphatic heterocycles. The Kier molecular flexibility index (Phi) is 8.93. The quantitative estimate of drug-likeness (QED) is 0.317. The Bertz CT molecular complexity index is 1210. The van der Waals surface area contributed by atoms with E-state index in [0.717, 1.165) is 25.7 Å². The van der Waals surface area contributed by atoms with Crippen LogP contribution in [0.2, 0.25) is 0 Å². The summed E-state index contributed by atoms with van der Waals surface area (Å²) in [5.74, 6) is -0.726. The van der Waals surface area contributed by atoms with Crippen LogP contribution in [0.25, 0.3) is 11.3 Å². The fourth-order valence-electron chi connectivity index (χ4n) is 4.74. The molecule has 2 amide bonds. The number of carbonyl (C=O) groups is 2. The maximum absolute atomic E-state index is 13.6. The summed E-state index contributed by atoms with van der Waals surface area (Å²) >= 11 is 0. The lowest BCUT2D eigenvalue weighted by Gasteiger charge is -2.27. The summed E-state index contributed by atoms with van der Waals surface area (Å²) in [7, 11) is 0. The first-order valence-corrected chi connectivity index (χ1v) is 12.8. The Labute approximate surface area is 215 Å². The van der Waals surface area contributed by atoms with Gasteiger partial charge in [-0.3, -0.25) is 9.59 Å². The molecule has 0 spiro atoms. The minimum absolute atomic E-state index is 0.0570. The van der Waals surface area contributed by atoms with Gasteiger partial charge in [0.15, 0.2) is 5.76 Å². The predicted molar refractivity (Wildman–Crippen MR) is 139 cm³/mol. The van der Waals surface area contributed by atoms with Crippen LogP contribution in [0, 0.1) is 17.6 Å². The van der Waals surface area contributed by atoms with Gasteiger partial charge in [-0.25, -0.2) is 8.78 Å². The summed E-state index contributed by atoms with van der Waals surface area (Å²) in [5, 5.41) is 8.94. The number of halogens is 2. The zero-order valence-electron chi connectivity index (χ0n) is 20.9. The minimum atomic E-state index is -0.727. The average molecular weight is 510 g/mol. The molecule has 0 saturated heterocycles. The van der Waals surface area contributed by atoms with Gasteiger partial charge in [-0.2, -0.15) is 0 Å². The van der Waals surface area contributed by atoms with Crippen molar-refractivity contribution in [2.75, 3.05) is 11.9 Å². The van der Waals surface area contributed by atoms with Crippen LogP contribution in [0.5, 0.6) is 0 Å². The molecule has 4 rings (SSSR count). The van der Waals surface area contributed by atoms with Crippen LogP contribution in [0.1, 0.15) is 56.0 Å². The average Bonchev–Trinajstić information content (AvgIpc) is 3.38. The molecule has 1 aromatic heterocycles. The Morgan fingerprint density at radius 3 is 2.41 bits per heavy atom. The highest BCUT2D eigenvalue weighted by atomic mass is 19.1. The summed E-state index contributed by atoms with van der Waals surface area (Å²) in [4.78, 5) is 26.3. The van der Waals surface area contributed by atoms with Gasteiger partial charge in [0, 0.05) is 23.8 Å². The highest BCUT2D eigenvalue weighted by Crippen LogP contribution is 2.28. The number of anilines is 1. The van der Waals surface area contributed by atoms with Crippen molar-refractivity contribution >= 4 is 17.5 Å². The van der Waals surface area contributed by atoms with Crippen LogP contribution < -0.4 is 16.0 Å². The third kappa shape index (κ3) is 7.65. The van der Waals surface area contributed by atoms with Gasteiger partial charge in [0.05, 0.1) is 0 Å². The molecule has 1 unspecified atom stereocenters. The van der Waals surface area contributed by atoms with E-state index >= 15 is 0 Å². The van der Waals surface area contributed by atoms with Gasteiger partial charge in [0.2, 0.25) is 5.91 Å². The Hall–Kier alpha value is -3.68. The largest absolute Gasteiger partial charge is 0.451 e. The van der Waals surface area contributed by atoms with Crippen molar-refractivity contribution in [1.82, 2.24) is 10.6 Å². The number of carbonyl (C=O) groups excluding carboxylic acids is 2. The molecule has 6 nitrogen and oxygen atoms in total. The Morgan fingerprint density at radius 1 is 0.946 bits per heavy atom. The Morgan fingerprint density at radius 2 is 1.68 bits per heavy atom. The molecular weight excluding hydrogens is 476 g/mol. The normalized spacial score (nSPS) is 15.5. The molecule has 1 aliphatic carbocycles. The van der Waals surface area contributed by atoms with Crippen LogP contribution in [0.15, 0.2) is 65.1 Å². The maximum atomic E-state index is 13.6. The molecule has 2 aromatic carbocycles. The predicted octanol–water partition coefficient (Wildman–Crippen LogP) is 5.91. The molecule has 1 fully saturated rings. The van der Waals surface area contributed by atoms with Gasteiger partial charge in [0.1, 0.15) is 23.4 Å². The summed E-state index contributed by atoms with van der Waals surface area (Å²) < 4.78 is 32.7. The number of hydrogen-bond donors (Lipinski definition) is 3. The first-order chi connectivity index (χ1) is 17.9. The van der Waals surface area contributed by atoms with Crippen molar-refractivity contribution in [3.63, 3.8) is 0 Å². The topological polar surface area (TPSA) is 83.4 Å². The minimum Gasteiger partial charge on any atom is -0.451 e. The molecule has 1 aliphatic rings. The van der Waals surface area contributed by atoms with Crippen molar-refractivity contribution < 1.29 is 22.8 Å². The van der Waals surface area contributed by atoms with Crippen LogP contribution in [-0.4, -0.2) is 30.4 Å². The molecule has 1 saturated carbocycles. The molecule has 3 aromatic rings. The molecule has 0 radical (unpaired) electrons. The first-order valence-electron chi connectivity index (χ1n) is 12.8. The van der Waals surface area contributed by atoms with Gasteiger partial charge >= 0.3 is 0 Å². The standard InChI is InChI=1S/C29H33F2N3O3/c1-19(18-32-24-12-6-11-23(31)17-24)33-28(35)25(15-20-7-3-2-4-8-20)34-29(36)27-14-13-26(37-27)21-9-5-10-22(30)16-21/h5-6,9-14,16-17,19-20,25,32H,2-4,7-8,15,18H2,1H3,(H,33,35)(H,34,36)/t19-,25?/m0/s1. The smallest absolute Gasteiger partial charge is 0.287 e. The van der Waals surface area contributed by atoms with E-state index in [1.807, 2.05) is 6.92 Å². The number of benzene rings is 2. The maximum Gasteiger partial charge on any atom is 0.287 e. The van der Waals surface area contributed by atoms with E-state index in [9.17, 15) is 18.4 Å². The van der Waals surface area contributed by atoms with Gasteiger partial charge in [-0.15, -0.1) is 0 Å². The molecule has 8 heteroatoms. The van der Waals surface area contributed by atoms with Gasteiger partial charge < -0.3 is 20.4 Å². The van der Waals surface area contributed by atoms with E-state index in [4.69, 9.17) is 4.42 Å². The monoisotopic (exact) mass is 509 g/mol. The number of rotatable bonds is 10. The molecule has 0 bridgehead atoms. The van der Waals surface area contributed by atoms with Crippen molar-refractivity contribution in [3.8, 4) is 11.3 Å². The number of hydrogen-bond acceptors (Lipinski definition) is 4. The Balaban J connectivity index is 1.40. The molecular formula is C29H33F2N3O3. The van der Waals surface area contributed by atoms with E-state index < -0.39 is 17.8 Å². The van der Waals surface area contributed by atoms with Crippen LogP contribution in [0.4, 0.5) is 14.5 Å². The van der Waals surface area contributed by atoms with Crippen molar-refractivity contribution in [3.05, 3.63) is 78.1 Å². The summed E-state index contributed by atoms with van der Waals surface area (Å²) in [6.07, 6.45) is 6.03. The summed E-state index contributed by atoms with van der Waals surface area (Å²) in [5.41, 5.74) is 1.15. The van der Waals surface area contributed by atoms with Crippen LogP contribution in [-0.2, 0) is 4.79 Å². The van der Waals surface area contributed by atoms with E-state index in [2.05, 4.69) is 16.0 Å². The second-order valence-electron chi connectivity index (χ2n) is 9.74. The van der Waals surface area contributed by atoms with Gasteiger partial charge in [-0.05, 0) is 61.7 Å². The zero-order chi connectivity index (χ0) is 26.2. The van der Waals surface area contributed by atoms with Crippen molar-refractivity contribution in [1.29, 1.82) is 0 Å². The second-order valence-corrected chi connectivity index (χ2v) is 9.74. The van der Waals surface area contributed by atoms with Crippen LogP contribution in [0.3, 0.4) is 0 Å². The lowest BCUT2D eigenvalue weighted by Crippen LogP contribution is -2.51. The fourth-order valence-corrected chi connectivity index (χ4v) is 4.74. The third-order valence-electron chi connectivity index (χ3n) is 6.68. The van der Waals surface area contributed by atoms with Gasteiger partial charge in [-0.1, -0.05) is 50.3 Å². The molecule has 2 atom stereocenters.